The molecule has 40 heavy (non-hydrogen) atoms. The van der Waals surface area contributed by atoms with Gasteiger partial charge in [0.1, 0.15) is 12.1 Å². The van der Waals surface area contributed by atoms with Crippen molar-refractivity contribution in [3.63, 3.8) is 0 Å². The summed E-state index contributed by atoms with van der Waals surface area (Å²) >= 11 is 0. The summed E-state index contributed by atoms with van der Waals surface area (Å²) in [7, 11) is 1.62. The first kappa shape index (κ1) is 28.2. The number of hydrogen-bond donors (Lipinski definition) is 1. The number of aliphatic hydroxyl groups is 1. The molecule has 7 heteroatoms. The van der Waals surface area contributed by atoms with Crippen molar-refractivity contribution in [2.45, 2.75) is 97.5 Å². The minimum Gasteiger partial charge on any atom is -0.481 e. The monoisotopic (exact) mass is 552 g/mol. The molecule has 222 valence electrons. The summed E-state index contributed by atoms with van der Waals surface area (Å²) in [4.78, 5) is 26.0. The van der Waals surface area contributed by atoms with Crippen LogP contribution in [0.3, 0.4) is 0 Å². The lowest BCUT2D eigenvalue weighted by Gasteiger charge is -2.61. The van der Waals surface area contributed by atoms with Crippen LogP contribution in [0.25, 0.3) is 0 Å². The molecule has 1 aliphatic heterocycles. The van der Waals surface area contributed by atoms with Gasteiger partial charge in [0.15, 0.2) is 0 Å². The molecule has 1 amide bonds. The van der Waals surface area contributed by atoms with Crippen molar-refractivity contribution in [3.8, 4) is 5.88 Å². The average molecular weight is 553 g/mol. The number of fused-ring (bicyclic) bond motifs is 5. The van der Waals surface area contributed by atoms with E-state index in [2.05, 4.69) is 40.5 Å². The Kier molecular flexibility index (Phi) is 7.82. The predicted octanol–water partition coefficient (Wildman–Crippen LogP) is 5.57. The van der Waals surface area contributed by atoms with Crippen LogP contribution in [0.1, 0.15) is 91.4 Å². The molecule has 1 aromatic rings. The number of rotatable bonds is 6. The molecule has 1 aromatic heterocycles. The molecule has 1 unspecified atom stereocenters. The van der Waals surface area contributed by atoms with E-state index in [-0.39, 0.29) is 6.10 Å². The predicted molar refractivity (Wildman–Crippen MR) is 157 cm³/mol. The van der Waals surface area contributed by atoms with Crippen molar-refractivity contribution in [1.82, 2.24) is 14.9 Å². The third-order valence-corrected chi connectivity index (χ3v) is 13.0. The fraction of sp³-hybridized carbons (Fsp3) is 0.848. The number of piperazine rings is 1. The Morgan fingerprint density at radius 3 is 2.55 bits per heavy atom. The van der Waals surface area contributed by atoms with Crippen LogP contribution in [-0.2, 0) is 4.79 Å². The van der Waals surface area contributed by atoms with Crippen molar-refractivity contribution < 1.29 is 14.6 Å². The lowest BCUT2D eigenvalue weighted by Crippen LogP contribution is -2.54. The van der Waals surface area contributed by atoms with Crippen LogP contribution in [0.5, 0.6) is 5.88 Å². The molecule has 0 radical (unpaired) electrons. The molecule has 0 bridgehead atoms. The molecule has 2 heterocycles. The Morgan fingerprint density at radius 1 is 1.02 bits per heavy atom. The highest BCUT2D eigenvalue weighted by Gasteiger charge is 2.60. The molecule has 1 N–H and O–H groups in total. The largest absolute Gasteiger partial charge is 0.481 e. The fourth-order valence-electron chi connectivity index (χ4n) is 10.7. The SMILES string of the molecule is COc1cc(N2CCN(C(=O)CCC(C)[C@H]3CC[C@H]4[C@@H]5CC[C@H]6C[C@@H](O)CC[C@]6(C)[C@H]5CC[C@]34C)CC2)ncn1. The van der Waals surface area contributed by atoms with Crippen molar-refractivity contribution in [2.75, 3.05) is 38.2 Å². The molecule has 1 saturated heterocycles. The smallest absolute Gasteiger partial charge is 0.222 e. The Bertz CT molecular complexity index is 1060. The normalized spacial score (nSPS) is 40.1. The van der Waals surface area contributed by atoms with Gasteiger partial charge in [0.05, 0.1) is 13.2 Å². The Hall–Kier alpha value is -1.89. The first-order valence-electron chi connectivity index (χ1n) is 16.3. The van der Waals surface area contributed by atoms with Crippen molar-refractivity contribution >= 4 is 11.7 Å². The summed E-state index contributed by atoms with van der Waals surface area (Å²) in [6, 6.07) is 1.87. The number of hydrogen-bond acceptors (Lipinski definition) is 6. The fourth-order valence-corrected chi connectivity index (χ4v) is 10.7. The molecule has 0 spiro atoms. The summed E-state index contributed by atoms with van der Waals surface area (Å²) in [5.41, 5.74) is 0.883. The number of aliphatic hydroxyl groups excluding tert-OH is 1. The maximum atomic E-state index is 13.2. The third-order valence-electron chi connectivity index (χ3n) is 13.0. The van der Waals surface area contributed by atoms with Gasteiger partial charge in [-0.3, -0.25) is 4.79 Å². The van der Waals surface area contributed by atoms with Gasteiger partial charge >= 0.3 is 0 Å². The lowest BCUT2D eigenvalue weighted by molar-refractivity contribution is -0.133. The molecule has 9 atom stereocenters. The third kappa shape index (κ3) is 4.92. The van der Waals surface area contributed by atoms with Gasteiger partial charge in [-0.05, 0) is 111 Å². The number of aromatic nitrogens is 2. The van der Waals surface area contributed by atoms with Crippen molar-refractivity contribution in [2.24, 2.45) is 46.3 Å². The number of carbonyl (C=O) groups excluding carboxylic acids is 1. The van der Waals surface area contributed by atoms with Gasteiger partial charge in [-0.2, -0.15) is 0 Å². The topological polar surface area (TPSA) is 78.8 Å². The average Bonchev–Trinajstić information content (AvgIpc) is 3.33. The Labute approximate surface area is 241 Å². The van der Waals surface area contributed by atoms with Gasteiger partial charge in [0.25, 0.3) is 0 Å². The summed E-state index contributed by atoms with van der Waals surface area (Å²) in [5.74, 6) is 6.42. The first-order chi connectivity index (χ1) is 19.2. The van der Waals surface area contributed by atoms with Crippen LogP contribution in [0.2, 0.25) is 0 Å². The van der Waals surface area contributed by atoms with Gasteiger partial charge in [0, 0.05) is 38.7 Å². The molecule has 5 aliphatic rings. The molecule has 4 aliphatic carbocycles. The number of amides is 1. The Balaban J connectivity index is 1.02. The highest BCUT2D eigenvalue weighted by Crippen LogP contribution is 2.68. The van der Waals surface area contributed by atoms with E-state index in [4.69, 9.17) is 4.74 Å². The first-order valence-corrected chi connectivity index (χ1v) is 16.3. The van der Waals surface area contributed by atoms with E-state index in [9.17, 15) is 9.90 Å². The van der Waals surface area contributed by atoms with Crippen molar-refractivity contribution in [1.29, 1.82) is 0 Å². The highest BCUT2D eigenvalue weighted by molar-refractivity contribution is 5.76. The van der Waals surface area contributed by atoms with Crippen LogP contribution in [0, 0.1) is 46.3 Å². The second kappa shape index (κ2) is 11.1. The van der Waals surface area contributed by atoms with Crippen LogP contribution in [-0.4, -0.2) is 65.3 Å². The van der Waals surface area contributed by atoms with E-state index in [0.29, 0.717) is 35.0 Å². The quantitative estimate of drug-likeness (QED) is 0.497. The molecule has 6 rings (SSSR count). The Morgan fingerprint density at radius 2 is 1.77 bits per heavy atom. The summed E-state index contributed by atoms with van der Waals surface area (Å²) in [6.07, 6.45) is 14.6. The van der Waals surface area contributed by atoms with Gasteiger partial charge in [-0.15, -0.1) is 0 Å². The molecule has 4 saturated carbocycles. The molecule has 7 nitrogen and oxygen atoms in total. The lowest BCUT2D eigenvalue weighted by atomic mass is 9.44. The zero-order chi connectivity index (χ0) is 28.1. The van der Waals surface area contributed by atoms with Crippen LogP contribution < -0.4 is 9.64 Å². The second-order valence-corrected chi connectivity index (χ2v) is 14.6. The van der Waals surface area contributed by atoms with E-state index >= 15 is 0 Å². The van der Waals surface area contributed by atoms with E-state index in [1.807, 2.05) is 6.07 Å². The number of ether oxygens (including phenoxy) is 1. The van der Waals surface area contributed by atoms with Crippen molar-refractivity contribution in [3.05, 3.63) is 12.4 Å². The number of methoxy groups -OCH3 is 1. The maximum absolute atomic E-state index is 13.2. The summed E-state index contributed by atoms with van der Waals surface area (Å²) in [5, 5.41) is 10.4. The molecular formula is C33H52N4O3. The zero-order valence-corrected chi connectivity index (χ0v) is 25.4. The highest BCUT2D eigenvalue weighted by atomic mass is 16.5. The van der Waals surface area contributed by atoms with E-state index in [1.165, 1.54) is 44.9 Å². The van der Waals surface area contributed by atoms with Gasteiger partial charge < -0.3 is 19.6 Å². The molecule has 0 aromatic carbocycles. The van der Waals surface area contributed by atoms with Crippen LogP contribution in [0.15, 0.2) is 12.4 Å². The van der Waals surface area contributed by atoms with E-state index < -0.39 is 0 Å². The van der Waals surface area contributed by atoms with Crippen LogP contribution in [0.4, 0.5) is 5.82 Å². The maximum Gasteiger partial charge on any atom is 0.222 e. The second-order valence-electron chi connectivity index (χ2n) is 14.6. The number of carbonyl (C=O) groups is 1. The van der Waals surface area contributed by atoms with Crippen LogP contribution >= 0.6 is 0 Å². The minimum atomic E-state index is -0.0608. The van der Waals surface area contributed by atoms with E-state index in [1.54, 1.807) is 13.4 Å². The number of anilines is 1. The minimum absolute atomic E-state index is 0.0608. The van der Waals surface area contributed by atoms with Gasteiger partial charge in [0.2, 0.25) is 11.8 Å². The summed E-state index contributed by atoms with van der Waals surface area (Å²) < 4.78 is 5.25. The van der Waals surface area contributed by atoms with E-state index in [0.717, 1.165) is 80.8 Å². The van der Waals surface area contributed by atoms with Gasteiger partial charge in [-0.1, -0.05) is 20.8 Å². The standard InChI is InChI=1S/C33H52N4O3/c1-22(5-10-31(39)37-17-15-36(16-18-37)29-20-30(40-4)35-21-34-29)26-8-9-27-25-7-6-23-19-24(38)11-13-32(23,2)28(25)12-14-33(26,27)3/h20-28,38H,5-19H2,1-4H3/t22?,23-,24-,25-,26+,27-,28-,32-,33+/m0/s1. The zero-order valence-electron chi connectivity index (χ0n) is 25.4. The number of nitrogens with zero attached hydrogens (tertiary/aromatic N) is 4. The van der Waals surface area contributed by atoms with Gasteiger partial charge in [-0.25, -0.2) is 9.97 Å². The summed E-state index contributed by atoms with van der Waals surface area (Å²) in [6.45, 7) is 10.8. The molecule has 5 fully saturated rings. The molecular weight excluding hydrogens is 500 g/mol.